The smallest absolute Gasteiger partial charge is 0.247 e. The van der Waals surface area contributed by atoms with Gasteiger partial charge in [0.15, 0.2) is 9.84 Å². The van der Waals surface area contributed by atoms with Gasteiger partial charge in [0.1, 0.15) is 10.6 Å². The van der Waals surface area contributed by atoms with Crippen LogP contribution in [0.4, 0.5) is 0 Å². The Bertz CT molecular complexity index is 829. The summed E-state index contributed by atoms with van der Waals surface area (Å²) < 4.78 is 57.3. The Morgan fingerprint density at radius 3 is 2.24 bits per heavy atom. The number of hydrogen-bond acceptors (Lipinski definition) is 5. The van der Waals surface area contributed by atoms with Crippen molar-refractivity contribution in [1.29, 1.82) is 0 Å². The molecule has 2 rings (SSSR count). The first-order valence-corrected chi connectivity index (χ1v) is 11.8. The summed E-state index contributed by atoms with van der Waals surface area (Å²) in [6.07, 6.45) is 3.58. The molecule has 1 aromatic rings. The fourth-order valence-electron chi connectivity index (χ4n) is 2.87. The van der Waals surface area contributed by atoms with Gasteiger partial charge in [-0.1, -0.05) is 20.3 Å². The van der Waals surface area contributed by atoms with Gasteiger partial charge in [-0.05, 0) is 43.9 Å². The van der Waals surface area contributed by atoms with Crippen molar-refractivity contribution in [3.63, 3.8) is 0 Å². The summed E-state index contributed by atoms with van der Waals surface area (Å²) in [6, 6.07) is 3.78. The molecule has 0 saturated heterocycles. The number of rotatable bonds is 8. The van der Waals surface area contributed by atoms with Crippen molar-refractivity contribution in [1.82, 2.24) is 4.31 Å². The number of methoxy groups -OCH3 is 1. The van der Waals surface area contributed by atoms with Crippen molar-refractivity contribution >= 4 is 19.9 Å². The lowest BCUT2D eigenvalue weighted by atomic mass is 10.0. The number of ether oxygens (including phenoxy) is 1. The van der Waals surface area contributed by atoms with Crippen LogP contribution < -0.4 is 4.74 Å². The Hall–Kier alpha value is -1.12. The van der Waals surface area contributed by atoms with Crippen molar-refractivity contribution in [3.8, 4) is 5.75 Å². The van der Waals surface area contributed by atoms with Crippen molar-refractivity contribution < 1.29 is 21.6 Å². The summed E-state index contributed by atoms with van der Waals surface area (Å²) in [5.41, 5.74) is 0. The van der Waals surface area contributed by atoms with E-state index in [0.29, 0.717) is 0 Å². The molecule has 8 heteroatoms. The highest BCUT2D eigenvalue weighted by Gasteiger charge is 2.43. The van der Waals surface area contributed by atoms with Crippen LogP contribution in [0.25, 0.3) is 0 Å². The predicted molar refractivity (Wildman–Crippen MR) is 97.1 cm³/mol. The monoisotopic (exact) mass is 389 g/mol. The van der Waals surface area contributed by atoms with Gasteiger partial charge in [-0.3, -0.25) is 0 Å². The molecule has 0 aromatic heterocycles. The number of sulfonamides is 1. The van der Waals surface area contributed by atoms with Gasteiger partial charge in [0, 0.05) is 18.3 Å². The molecule has 2 atom stereocenters. The van der Waals surface area contributed by atoms with Gasteiger partial charge in [-0.2, -0.15) is 4.31 Å². The van der Waals surface area contributed by atoms with E-state index in [1.54, 1.807) is 4.31 Å². The summed E-state index contributed by atoms with van der Waals surface area (Å²) in [6.45, 7) is 5.97. The minimum absolute atomic E-state index is 0.0272. The first kappa shape index (κ1) is 20.2. The van der Waals surface area contributed by atoms with Crippen LogP contribution in [0.2, 0.25) is 0 Å². The van der Waals surface area contributed by atoms with Gasteiger partial charge in [0.2, 0.25) is 10.0 Å². The maximum Gasteiger partial charge on any atom is 0.247 e. The molecule has 1 aliphatic carbocycles. The van der Waals surface area contributed by atoms with Crippen LogP contribution in [0.1, 0.15) is 40.0 Å². The molecule has 0 N–H and O–H groups in total. The second-order valence-corrected chi connectivity index (χ2v) is 10.6. The lowest BCUT2D eigenvalue weighted by molar-refractivity contribution is 0.252. The van der Waals surface area contributed by atoms with Crippen molar-refractivity contribution in [2.75, 3.05) is 13.4 Å². The normalized spacial score (nSPS) is 18.2. The van der Waals surface area contributed by atoms with E-state index in [1.165, 1.54) is 25.3 Å². The van der Waals surface area contributed by atoms with Gasteiger partial charge in [-0.25, -0.2) is 16.8 Å². The fraction of sp³-hybridized carbons (Fsp3) is 0.647. The molecule has 0 spiro atoms. The Labute approximate surface area is 151 Å². The first-order valence-electron chi connectivity index (χ1n) is 8.45. The minimum Gasteiger partial charge on any atom is -0.495 e. The maximum absolute atomic E-state index is 13.4. The molecular formula is C17H27NO5S2. The molecule has 1 aromatic carbocycles. The third kappa shape index (κ3) is 4.17. The number of nitrogens with zero attached hydrogens (tertiary/aromatic N) is 1. The third-order valence-corrected chi connectivity index (χ3v) is 8.07. The zero-order valence-corrected chi connectivity index (χ0v) is 17.0. The lowest BCUT2D eigenvalue weighted by Gasteiger charge is -2.32. The Morgan fingerprint density at radius 2 is 1.80 bits per heavy atom. The van der Waals surface area contributed by atoms with Crippen LogP contribution in [0.5, 0.6) is 5.75 Å². The molecule has 0 bridgehead atoms. The SMILES string of the molecule is CCC(C)C(C)N(C1CC1)S(=O)(=O)c1cc(S(C)(=O)=O)ccc1OC. The van der Waals surface area contributed by atoms with Gasteiger partial charge >= 0.3 is 0 Å². The number of sulfone groups is 1. The van der Waals surface area contributed by atoms with Crippen LogP contribution in [0.3, 0.4) is 0 Å². The van der Waals surface area contributed by atoms with E-state index in [0.717, 1.165) is 25.5 Å². The van der Waals surface area contributed by atoms with E-state index in [-0.39, 0.29) is 33.5 Å². The highest BCUT2D eigenvalue weighted by molar-refractivity contribution is 7.91. The minimum atomic E-state index is -3.87. The molecule has 0 aliphatic heterocycles. The molecule has 1 saturated carbocycles. The molecule has 1 aliphatic rings. The Balaban J connectivity index is 2.60. The van der Waals surface area contributed by atoms with Crippen molar-refractivity contribution in [2.24, 2.45) is 5.92 Å². The van der Waals surface area contributed by atoms with E-state index in [2.05, 4.69) is 0 Å². The summed E-state index contributed by atoms with van der Waals surface area (Å²) >= 11 is 0. The van der Waals surface area contributed by atoms with Crippen LogP contribution >= 0.6 is 0 Å². The van der Waals surface area contributed by atoms with E-state index >= 15 is 0 Å². The first-order chi connectivity index (χ1) is 11.5. The third-order valence-electron chi connectivity index (χ3n) is 4.89. The molecule has 0 heterocycles. The van der Waals surface area contributed by atoms with Gasteiger partial charge in [0.05, 0.1) is 12.0 Å². The average Bonchev–Trinajstić information content (AvgIpc) is 3.36. The van der Waals surface area contributed by atoms with Gasteiger partial charge < -0.3 is 4.74 Å². The number of hydrogen-bond donors (Lipinski definition) is 0. The van der Waals surface area contributed by atoms with Crippen molar-refractivity contribution in [3.05, 3.63) is 18.2 Å². The molecule has 25 heavy (non-hydrogen) atoms. The van der Waals surface area contributed by atoms with Crippen LogP contribution in [-0.4, -0.2) is 46.6 Å². The Kier molecular flexibility index (Phi) is 5.85. The topological polar surface area (TPSA) is 80.8 Å². The molecule has 1 fully saturated rings. The Morgan fingerprint density at radius 1 is 1.20 bits per heavy atom. The second kappa shape index (κ2) is 7.25. The lowest BCUT2D eigenvalue weighted by Crippen LogP contribution is -2.43. The van der Waals surface area contributed by atoms with E-state index in [1.807, 2.05) is 20.8 Å². The number of benzene rings is 1. The van der Waals surface area contributed by atoms with Gasteiger partial charge in [0.25, 0.3) is 0 Å². The van der Waals surface area contributed by atoms with Crippen molar-refractivity contribution in [2.45, 2.75) is 61.9 Å². The van der Waals surface area contributed by atoms with Gasteiger partial charge in [-0.15, -0.1) is 0 Å². The van der Waals surface area contributed by atoms with Crippen LogP contribution in [0.15, 0.2) is 28.0 Å². The van der Waals surface area contributed by atoms with E-state index < -0.39 is 19.9 Å². The zero-order valence-electron chi connectivity index (χ0n) is 15.4. The molecule has 2 unspecified atom stereocenters. The standard InChI is InChI=1S/C17H27NO5S2/c1-6-12(2)13(3)18(14-7-8-14)25(21,22)17-11-15(24(5,19)20)9-10-16(17)23-4/h9-14H,6-8H2,1-5H3. The maximum atomic E-state index is 13.4. The molecule has 142 valence electrons. The summed E-state index contributed by atoms with van der Waals surface area (Å²) in [5.74, 6) is 0.355. The van der Waals surface area contributed by atoms with Crippen LogP contribution in [0, 0.1) is 5.92 Å². The molecule has 0 radical (unpaired) electrons. The average molecular weight is 390 g/mol. The zero-order chi connectivity index (χ0) is 19.0. The highest BCUT2D eigenvalue weighted by Crippen LogP contribution is 2.39. The second-order valence-electron chi connectivity index (χ2n) is 6.78. The van der Waals surface area contributed by atoms with E-state index in [4.69, 9.17) is 4.74 Å². The predicted octanol–water partition coefficient (Wildman–Crippen LogP) is 2.69. The fourth-order valence-corrected chi connectivity index (χ4v) is 5.75. The molecular weight excluding hydrogens is 362 g/mol. The summed E-state index contributed by atoms with van der Waals surface area (Å²) in [7, 11) is -6.01. The van der Waals surface area contributed by atoms with Crippen LogP contribution in [-0.2, 0) is 19.9 Å². The summed E-state index contributed by atoms with van der Waals surface area (Å²) in [5, 5.41) is 0. The highest BCUT2D eigenvalue weighted by atomic mass is 32.2. The molecule has 6 nitrogen and oxygen atoms in total. The summed E-state index contributed by atoms with van der Waals surface area (Å²) in [4.78, 5) is -0.112. The van der Waals surface area contributed by atoms with E-state index in [9.17, 15) is 16.8 Å². The quantitative estimate of drug-likeness (QED) is 0.683. The molecule has 0 amide bonds. The largest absolute Gasteiger partial charge is 0.495 e.